The minimum atomic E-state index is -2.88. The fraction of sp³-hybridized carbons (Fsp3) is 0.478. The van der Waals surface area contributed by atoms with E-state index < -0.39 is 12.1 Å². The number of alkyl halides is 2. The highest BCUT2D eigenvalue weighted by atomic mass is 19.3. The molecular weight excluding hydrogens is 428 g/mol. The summed E-state index contributed by atoms with van der Waals surface area (Å²) < 4.78 is 34.9. The van der Waals surface area contributed by atoms with Crippen LogP contribution < -0.4 is 10.5 Å². The molecule has 2 N–H and O–H groups in total. The summed E-state index contributed by atoms with van der Waals surface area (Å²) in [4.78, 5) is 10.4. The van der Waals surface area contributed by atoms with Gasteiger partial charge >= 0.3 is 0 Å². The molecule has 1 fully saturated rings. The zero-order valence-electron chi connectivity index (χ0n) is 19.4. The highest BCUT2D eigenvalue weighted by Crippen LogP contribution is 2.44. The van der Waals surface area contributed by atoms with Crippen molar-refractivity contribution in [1.82, 2.24) is 24.6 Å². The van der Waals surface area contributed by atoms with Crippen LogP contribution in [0.2, 0.25) is 0 Å². The summed E-state index contributed by atoms with van der Waals surface area (Å²) in [7, 11) is 1.60. The van der Waals surface area contributed by atoms with Crippen molar-refractivity contribution in [2.45, 2.75) is 52.5 Å². The Bertz CT molecular complexity index is 1260. The Morgan fingerprint density at radius 3 is 2.55 bits per heavy atom. The molecule has 0 saturated carbocycles. The summed E-state index contributed by atoms with van der Waals surface area (Å²) in [6, 6.07) is 2.72. The minimum absolute atomic E-state index is 0.00860. The Morgan fingerprint density at radius 1 is 1.30 bits per heavy atom. The largest absolute Gasteiger partial charge is 0.496 e. The van der Waals surface area contributed by atoms with Crippen molar-refractivity contribution >= 4 is 16.9 Å². The average Bonchev–Trinajstić information content (AvgIpc) is 3.13. The topological polar surface area (TPSA) is 106 Å². The number of nitrogens with two attached hydrogens (primary N) is 1. The van der Waals surface area contributed by atoms with Gasteiger partial charge in [0, 0.05) is 36.2 Å². The molecule has 0 bridgehead atoms. The van der Waals surface area contributed by atoms with Gasteiger partial charge in [-0.1, -0.05) is 6.92 Å². The molecule has 3 heterocycles. The molecule has 1 saturated heterocycles. The van der Waals surface area contributed by atoms with E-state index in [9.17, 15) is 14.0 Å². The molecule has 174 valence electrons. The first kappa shape index (κ1) is 22.9. The van der Waals surface area contributed by atoms with Crippen LogP contribution in [0.1, 0.15) is 61.1 Å². The minimum Gasteiger partial charge on any atom is -0.496 e. The molecule has 1 aromatic carbocycles. The van der Waals surface area contributed by atoms with Crippen molar-refractivity contribution in [2.75, 3.05) is 25.9 Å². The molecule has 3 aromatic rings. The number of methoxy groups -OCH3 is 1. The smallest absolute Gasteiger partial charge is 0.282 e. The summed E-state index contributed by atoms with van der Waals surface area (Å²) in [5.74, 6) is 0.807. The number of anilines is 1. The normalized spacial score (nSPS) is 14.8. The molecule has 0 spiro atoms. The molecule has 33 heavy (non-hydrogen) atoms. The van der Waals surface area contributed by atoms with Crippen LogP contribution in [0.25, 0.3) is 16.7 Å². The third-order valence-corrected chi connectivity index (χ3v) is 6.48. The van der Waals surface area contributed by atoms with Crippen LogP contribution in [-0.4, -0.2) is 50.9 Å². The van der Waals surface area contributed by atoms with E-state index in [1.807, 2.05) is 13.8 Å². The maximum absolute atomic E-state index is 13.8. The summed E-state index contributed by atoms with van der Waals surface area (Å²) in [5.41, 5.74) is 8.77. The van der Waals surface area contributed by atoms with Crippen molar-refractivity contribution < 1.29 is 13.5 Å². The van der Waals surface area contributed by atoms with Gasteiger partial charge in [-0.05, 0) is 32.8 Å². The van der Waals surface area contributed by atoms with Gasteiger partial charge in [0.2, 0.25) is 0 Å². The Balaban J connectivity index is 2.03. The maximum atomic E-state index is 13.8. The molecule has 0 unspecified atom stereocenters. The quantitative estimate of drug-likeness (QED) is 0.601. The van der Waals surface area contributed by atoms with E-state index >= 15 is 0 Å². The van der Waals surface area contributed by atoms with Gasteiger partial charge in [0.05, 0.1) is 23.7 Å². The number of aromatic nitrogens is 4. The third-order valence-electron chi connectivity index (χ3n) is 6.48. The highest BCUT2D eigenvalue weighted by Gasteiger charge is 2.36. The van der Waals surface area contributed by atoms with E-state index in [-0.39, 0.29) is 22.8 Å². The fourth-order valence-electron chi connectivity index (χ4n) is 4.75. The molecule has 4 rings (SSSR count). The lowest BCUT2D eigenvalue weighted by atomic mass is 9.82. The molecule has 1 aliphatic heterocycles. The standard InChI is InChI=1S/C23H27F2N7O/c1-6-14-19(32-23-17(18(30-32)21(24)25)22(27)28-10-29-23)15(7-26)12(4)16(20(14)33-5)13-8-31(9-13)11(2)3/h10-11,13,21H,6,8-9H2,1-5H3,(H2,27,28,29). The van der Waals surface area contributed by atoms with Gasteiger partial charge in [0.15, 0.2) is 5.65 Å². The summed E-state index contributed by atoms with van der Waals surface area (Å²) >= 11 is 0. The van der Waals surface area contributed by atoms with Crippen molar-refractivity contribution in [3.05, 3.63) is 34.3 Å². The van der Waals surface area contributed by atoms with Gasteiger partial charge < -0.3 is 10.5 Å². The van der Waals surface area contributed by atoms with Crippen LogP contribution in [0.5, 0.6) is 5.75 Å². The molecule has 0 atom stereocenters. The third kappa shape index (κ3) is 3.47. The Labute approximate surface area is 191 Å². The molecule has 0 amide bonds. The number of rotatable bonds is 6. The summed E-state index contributed by atoms with van der Waals surface area (Å²) in [5, 5.41) is 14.3. The van der Waals surface area contributed by atoms with Gasteiger partial charge in [0.25, 0.3) is 6.43 Å². The number of nitrogens with zero attached hydrogens (tertiary/aromatic N) is 6. The van der Waals surface area contributed by atoms with Gasteiger partial charge in [-0.25, -0.2) is 23.4 Å². The first-order chi connectivity index (χ1) is 15.7. The van der Waals surface area contributed by atoms with Gasteiger partial charge in [0.1, 0.15) is 29.7 Å². The predicted octanol–water partition coefficient (Wildman–Crippen LogP) is 3.89. The molecule has 0 aliphatic carbocycles. The predicted molar refractivity (Wildman–Crippen MR) is 121 cm³/mol. The van der Waals surface area contributed by atoms with E-state index in [1.54, 1.807) is 7.11 Å². The maximum Gasteiger partial charge on any atom is 0.282 e. The van der Waals surface area contributed by atoms with E-state index in [1.165, 1.54) is 11.0 Å². The second-order valence-corrected chi connectivity index (χ2v) is 8.54. The lowest BCUT2D eigenvalue weighted by Crippen LogP contribution is -2.49. The van der Waals surface area contributed by atoms with Crippen molar-refractivity contribution in [3.63, 3.8) is 0 Å². The molecule has 8 nitrogen and oxygen atoms in total. The zero-order chi connectivity index (χ0) is 24.0. The van der Waals surface area contributed by atoms with Crippen LogP contribution in [0.4, 0.5) is 14.6 Å². The lowest BCUT2D eigenvalue weighted by Gasteiger charge is -2.43. The monoisotopic (exact) mass is 455 g/mol. The summed E-state index contributed by atoms with van der Waals surface area (Å²) in [6.45, 7) is 9.85. The highest BCUT2D eigenvalue weighted by molar-refractivity contribution is 5.90. The SMILES string of the molecule is CCc1c(OC)c(C2CN(C(C)C)C2)c(C)c(C#N)c1-n1nc(C(F)F)c2c(N)ncnc21. The average molecular weight is 456 g/mol. The van der Waals surface area contributed by atoms with Gasteiger partial charge in [-0.15, -0.1) is 0 Å². The number of hydrogen-bond acceptors (Lipinski definition) is 7. The number of halogens is 2. The van der Waals surface area contributed by atoms with Crippen LogP contribution in [0.3, 0.4) is 0 Å². The molecule has 2 aromatic heterocycles. The van der Waals surface area contributed by atoms with Crippen LogP contribution in [0, 0.1) is 18.3 Å². The number of hydrogen-bond donors (Lipinski definition) is 1. The molecular formula is C23H27F2N7O. The van der Waals surface area contributed by atoms with Gasteiger partial charge in [-0.3, -0.25) is 4.90 Å². The van der Waals surface area contributed by atoms with E-state index in [0.29, 0.717) is 29.5 Å². The van der Waals surface area contributed by atoms with Crippen LogP contribution in [0.15, 0.2) is 6.33 Å². The zero-order valence-corrected chi connectivity index (χ0v) is 19.4. The van der Waals surface area contributed by atoms with Crippen molar-refractivity contribution in [1.29, 1.82) is 5.26 Å². The van der Waals surface area contributed by atoms with Gasteiger partial charge in [-0.2, -0.15) is 10.4 Å². The number of likely N-dealkylation sites (tertiary alicyclic amines) is 1. The first-order valence-corrected chi connectivity index (χ1v) is 10.9. The van der Waals surface area contributed by atoms with Crippen molar-refractivity contribution in [3.8, 4) is 17.5 Å². The number of benzene rings is 1. The Morgan fingerprint density at radius 2 is 2.00 bits per heavy atom. The van der Waals surface area contributed by atoms with E-state index in [4.69, 9.17) is 10.5 Å². The number of nitriles is 1. The van der Waals surface area contributed by atoms with E-state index in [0.717, 1.165) is 29.8 Å². The second-order valence-electron chi connectivity index (χ2n) is 8.54. The van der Waals surface area contributed by atoms with Crippen molar-refractivity contribution in [2.24, 2.45) is 0 Å². The number of nitrogen functional groups attached to an aromatic ring is 1. The summed E-state index contributed by atoms with van der Waals surface area (Å²) in [6.07, 6.45) is -1.17. The van der Waals surface area contributed by atoms with Crippen LogP contribution >= 0.6 is 0 Å². The number of ether oxygens (including phenoxy) is 1. The molecule has 1 aliphatic rings. The van der Waals surface area contributed by atoms with Crippen LogP contribution in [-0.2, 0) is 6.42 Å². The molecule has 10 heteroatoms. The first-order valence-electron chi connectivity index (χ1n) is 10.9. The number of fused-ring (bicyclic) bond motifs is 1. The Kier molecular flexibility index (Phi) is 5.93. The van der Waals surface area contributed by atoms with E-state index in [2.05, 4.69) is 39.9 Å². The Hall–Kier alpha value is -3.32. The lowest BCUT2D eigenvalue weighted by molar-refractivity contribution is 0.108. The molecule has 0 radical (unpaired) electrons. The fourth-order valence-corrected chi connectivity index (χ4v) is 4.75. The second kappa shape index (κ2) is 8.56.